The zero-order valence-electron chi connectivity index (χ0n) is 6.71. The normalized spacial score (nSPS) is 10.5. The zero-order valence-corrected chi connectivity index (χ0v) is 6.71. The van der Waals surface area contributed by atoms with Crippen molar-refractivity contribution >= 4 is 0 Å². The van der Waals surface area contributed by atoms with Gasteiger partial charge in [0.2, 0.25) is 0 Å². The molecule has 0 saturated carbocycles. The first kappa shape index (κ1) is 8.74. The monoisotopic (exact) mass is 198 g/mol. The summed E-state index contributed by atoms with van der Waals surface area (Å²) in [4.78, 5) is 3.51. The molecule has 6 heteroatoms. The van der Waals surface area contributed by atoms with Crippen molar-refractivity contribution in [3.8, 4) is 5.69 Å². The van der Waals surface area contributed by atoms with Crippen LogP contribution in [0.4, 0.5) is 13.2 Å². The molecule has 1 radical (unpaired) electrons. The second kappa shape index (κ2) is 3.13. The Bertz CT molecular complexity index is 430. The molecular weight excluding hydrogens is 195 g/mol. The van der Waals surface area contributed by atoms with E-state index < -0.39 is 23.1 Å². The maximum atomic E-state index is 13.1. The summed E-state index contributed by atoms with van der Waals surface area (Å²) in [6.45, 7) is 0. The molecule has 2 rings (SSSR count). The fraction of sp³-hybridized carbons (Fsp3) is 0. The van der Waals surface area contributed by atoms with Crippen molar-refractivity contribution in [2.24, 2.45) is 0 Å². The van der Waals surface area contributed by atoms with E-state index in [4.69, 9.17) is 0 Å². The van der Waals surface area contributed by atoms with E-state index >= 15 is 0 Å². The van der Waals surface area contributed by atoms with Crippen molar-refractivity contribution < 1.29 is 13.2 Å². The smallest absolute Gasteiger partial charge is 0.162 e. The summed E-state index contributed by atoms with van der Waals surface area (Å²) in [5.74, 6) is -3.29. The topological polar surface area (TPSA) is 30.7 Å². The molecule has 0 amide bonds. The van der Waals surface area contributed by atoms with Crippen LogP contribution in [0.1, 0.15) is 0 Å². The molecule has 2 aromatic rings. The van der Waals surface area contributed by atoms with Gasteiger partial charge in [0.15, 0.2) is 11.6 Å². The minimum atomic E-state index is -1.15. The molecule has 0 aliphatic heterocycles. The van der Waals surface area contributed by atoms with Crippen LogP contribution in [0.3, 0.4) is 0 Å². The molecule has 1 aromatic heterocycles. The molecule has 0 N–H and O–H groups in total. The van der Waals surface area contributed by atoms with Crippen molar-refractivity contribution in [2.75, 3.05) is 0 Å². The molecule has 1 aromatic carbocycles. The highest BCUT2D eigenvalue weighted by Gasteiger charge is 2.13. The molecule has 14 heavy (non-hydrogen) atoms. The van der Waals surface area contributed by atoms with Gasteiger partial charge in [-0.05, 0) is 0 Å². The molecule has 1 heterocycles. The highest BCUT2D eigenvalue weighted by atomic mass is 19.1. The number of halogens is 3. The van der Waals surface area contributed by atoms with Gasteiger partial charge in [0, 0.05) is 6.07 Å². The summed E-state index contributed by atoms with van der Waals surface area (Å²) >= 11 is 0. The van der Waals surface area contributed by atoms with Crippen LogP contribution in [-0.2, 0) is 0 Å². The van der Waals surface area contributed by atoms with Crippen molar-refractivity contribution in [3.63, 3.8) is 0 Å². The van der Waals surface area contributed by atoms with Gasteiger partial charge in [-0.1, -0.05) is 0 Å². The van der Waals surface area contributed by atoms with Crippen molar-refractivity contribution in [2.45, 2.75) is 0 Å². The lowest BCUT2D eigenvalue weighted by molar-refractivity contribution is 0.525. The Morgan fingerprint density at radius 3 is 2.64 bits per heavy atom. The Morgan fingerprint density at radius 2 is 2.07 bits per heavy atom. The lowest BCUT2D eigenvalue weighted by Gasteiger charge is -2.02. The van der Waals surface area contributed by atoms with Crippen LogP contribution in [-0.4, -0.2) is 14.8 Å². The lowest BCUT2D eigenvalue weighted by atomic mass is 10.3. The number of benzene rings is 1. The minimum Gasteiger partial charge on any atom is -0.223 e. The Hall–Kier alpha value is -1.85. The fourth-order valence-corrected chi connectivity index (χ4v) is 1.02. The summed E-state index contributed by atoms with van der Waals surface area (Å²) in [6, 6.07) is 2.23. The quantitative estimate of drug-likeness (QED) is 0.694. The van der Waals surface area contributed by atoms with E-state index in [9.17, 15) is 13.2 Å². The second-order valence-electron chi connectivity index (χ2n) is 2.47. The second-order valence-corrected chi connectivity index (χ2v) is 2.47. The van der Waals surface area contributed by atoms with E-state index in [1.807, 2.05) is 0 Å². The van der Waals surface area contributed by atoms with Gasteiger partial charge in [0.25, 0.3) is 0 Å². The number of hydrogen-bond donors (Lipinski definition) is 0. The van der Waals surface area contributed by atoms with Crippen LogP contribution in [0.25, 0.3) is 5.69 Å². The molecular formula is C8H3F3N3. The molecule has 0 bridgehead atoms. The van der Waals surface area contributed by atoms with Crippen molar-refractivity contribution in [1.29, 1.82) is 0 Å². The lowest BCUT2D eigenvalue weighted by Crippen LogP contribution is -2.03. The Balaban J connectivity index is 2.64. The first-order valence-corrected chi connectivity index (χ1v) is 3.60. The SMILES string of the molecule is Fc1[c]c(F)c(-n2cncn2)c(F)c1. The zero-order chi connectivity index (χ0) is 10.1. The van der Waals surface area contributed by atoms with Gasteiger partial charge < -0.3 is 0 Å². The Labute approximate surface area is 76.8 Å². The van der Waals surface area contributed by atoms with Gasteiger partial charge in [-0.25, -0.2) is 22.8 Å². The summed E-state index contributed by atoms with van der Waals surface area (Å²) in [7, 11) is 0. The number of nitrogens with zero attached hydrogens (tertiary/aromatic N) is 3. The van der Waals surface area contributed by atoms with Gasteiger partial charge >= 0.3 is 0 Å². The highest BCUT2D eigenvalue weighted by molar-refractivity contribution is 5.33. The Kier molecular flexibility index (Phi) is 1.95. The van der Waals surface area contributed by atoms with Crippen LogP contribution in [0.5, 0.6) is 0 Å². The maximum absolute atomic E-state index is 13.1. The largest absolute Gasteiger partial charge is 0.223 e. The van der Waals surface area contributed by atoms with Crippen molar-refractivity contribution in [1.82, 2.24) is 14.8 Å². The third-order valence-corrected chi connectivity index (χ3v) is 1.56. The summed E-state index contributed by atoms with van der Waals surface area (Å²) in [5.41, 5.74) is -0.496. The van der Waals surface area contributed by atoms with E-state index in [1.165, 1.54) is 0 Å². The molecule has 0 aliphatic carbocycles. The van der Waals surface area contributed by atoms with Gasteiger partial charge in [-0.2, -0.15) is 5.10 Å². The summed E-state index contributed by atoms with van der Waals surface area (Å²) in [5, 5.41) is 3.52. The van der Waals surface area contributed by atoms with E-state index in [-0.39, 0.29) is 0 Å². The van der Waals surface area contributed by atoms with Gasteiger partial charge in [-0.15, -0.1) is 0 Å². The third kappa shape index (κ3) is 1.34. The third-order valence-electron chi connectivity index (χ3n) is 1.56. The Morgan fingerprint density at radius 1 is 1.29 bits per heavy atom. The molecule has 0 aliphatic rings. The molecule has 3 nitrogen and oxygen atoms in total. The maximum Gasteiger partial charge on any atom is 0.162 e. The fourth-order valence-electron chi connectivity index (χ4n) is 1.02. The molecule has 71 valence electrons. The first-order chi connectivity index (χ1) is 6.68. The van der Waals surface area contributed by atoms with Crippen LogP contribution in [0.15, 0.2) is 18.7 Å². The molecule has 0 unspecified atom stereocenters. The van der Waals surface area contributed by atoms with Crippen molar-refractivity contribution in [3.05, 3.63) is 42.2 Å². The number of hydrogen-bond acceptors (Lipinski definition) is 2. The highest BCUT2D eigenvalue weighted by Crippen LogP contribution is 2.17. The molecule has 0 spiro atoms. The van der Waals surface area contributed by atoms with Gasteiger partial charge in [0.1, 0.15) is 24.2 Å². The summed E-state index contributed by atoms with van der Waals surface area (Å²) < 4.78 is 39.5. The molecule has 0 saturated heterocycles. The van der Waals surface area contributed by atoms with Gasteiger partial charge in [0.05, 0.1) is 6.07 Å². The van der Waals surface area contributed by atoms with Crippen LogP contribution in [0.2, 0.25) is 0 Å². The average molecular weight is 198 g/mol. The van der Waals surface area contributed by atoms with Gasteiger partial charge in [-0.3, -0.25) is 0 Å². The predicted octanol–water partition coefficient (Wildman–Crippen LogP) is 1.48. The first-order valence-electron chi connectivity index (χ1n) is 3.60. The number of rotatable bonds is 1. The predicted molar refractivity (Wildman–Crippen MR) is 40.1 cm³/mol. The van der Waals surface area contributed by atoms with Crippen LogP contribution < -0.4 is 0 Å². The minimum absolute atomic E-state index is 0.496. The molecule has 0 atom stereocenters. The van der Waals surface area contributed by atoms with E-state index in [2.05, 4.69) is 10.1 Å². The van der Waals surface area contributed by atoms with E-state index in [0.29, 0.717) is 6.07 Å². The summed E-state index contributed by atoms with van der Waals surface area (Å²) in [6.07, 6.45) is 2.22. The average Bonchev–Trinajstić information content (AvgIpc) is 2.54. The van der Waals surface area contributed by atoms with Crippen LogP contribution >= 0.6 is 0 Å². The molecule has 0 fully saturated rings. The van der Waals surface area contributed by atoms with E-state index in [1.54, 1.807) is 6.07 Å². The van der Waals surface area contributed by atoms with Crippen LogP contribution in [0, 0.1) is 23.5 Å². The standard InChI is InChI=1S/C8H3F3N3/c9-5-1-6(10)8(7(11)2-5)14-4-12-3-13-14/h1,3-4H. The van der Waals surface area contributed by atoms with E-state index in [0.717, 1.165) is 17.3 Å². The number of aromatic nitrogens is 3.